The van der Waals surface area contributed by atoms with Gasteiger partial charge < -0.3 is 10.4 Å². The van der Waals surface area contributed by atoms with Crippen LogP contribution in [0.2, 0.25) is 0 Å². The summed E-state index contributed by atoms with van der Waals surface area (Å²) in [5, 5.41) is 12.2. The van der Waals surface area contributed by atoms with Gasteiger partial charge in [0.15, 0.2) is 0 Å². The number of pyridine rings is 1. The van der Waals surface area contributed by atoms with Gasteiger partial charge in [0.1, 0.15) is 5.82 Å². The van der Waals surface area contributed by atoms with E-state index in [0.29, 0.717) is 6.04 Å². The molecular weight excluding hydrogens is 256 g/mol. The maximum absolute atomic E-state index is 8.88. The van der Waals surface area contributed by atoms with Crippen molar-refractivity contribution < 1.29 is 5.11 Å². The molecule has 0 aromatic carbocycles. The largest absolute Gasteiger partial charge is 0.396 e. The third kappa shape index (κ3) is 3.80. The average molecular weight is 273 g/mol. The van der Waals surface area contributed by atoms with Crippen LogP contribution in [0.25, 0.3) is 0 Å². The fourth-order valence-electron chi connectivity index (χ4n) is 1.37. The van der Waals surface area contributed by atoms with E-state index in [1.54, 1.807) is 0 Å². The Bertz CT molecular complexity index is 317. The first kappa shape index (κ1) is 12.5. The van der Waals surface area contributed by atoms with Gasteiger partial charge in [0, 0.05) is 17.1 Å². The summed E-state index contributed by atoms with van der Waals surface area (Å²) < 4.78 is 1.02. The minimum atomic E-state index is 0.209. The van der Waals surface area contributed by atoms with Crippen LogP contribution in [0.4, 0.5) is 5.82 Å². The van der Waals surface area contributed by atoms with Crippen LogP contribution in [0, 0.1) is 6.92 Å². The van der Waals surface area contributed by atoms with Gasteiger partial charge in [-0.25, -0.2) is 4.98 Å². The number of rotatable bonds is 5. The van der Waals surface area contributed by atoms with Gasteiger partial charge >= 0.3 is 0 Å². The van der Waals surface area contributed by atoms with Gasteiger partial charge in [0.05, 0.1) is 5.69 Å². The molecule has 0 fully saturated rings. The predicted molar refractivity (Wildman–Crippen MR) is 66.1 cm³/mol. The van der Waals surface area contributed by atoms with Crippen LogP contribution in [-0.4, -0.2) is 22.7 Å². The normalized spacial score (nSPS) is 12.5. The molecule has 0 amide bonds. The lowest BCUT2D eigenvalue weighted by atomic mass is 10.1. The van der Waals surface area contributed by atoms with Crippen molar-refractivity contribution in [1.82, 2.24) is 4.98 Å². The van der Waals surface area contributed by atoms with E-state index in [2.05, 4.69) is 33.2 Å². The molecule has 0 aliphatic carbocycles. The van der Waals surface area contributed by atoms with Crippen molar-refractivity contribution >= 4 is 21.7 Å². The van der Waals surface area contributed by atoms with Crippen molar-refractivity contribution in [2.75, 3.05) is 11.9 Å². The van der Waals surface area contributed by atoms with Gasteiger partial charge in [0.25, 0.3) is 0 Å². The van der Waals surface area contributed by atoms with Crippen LogP contribution in [0.3, 0.4) is 0 Å². The molecular formula is C11H17BrN2O. The summed E-state index contributed by atoms with van der Waals surface area (Å²) >= 11 is 3.41. The van der Waals surface area contributed by atoms with E-state index in [0.717, 1.165) is 28.8 Å². The molecule has 0 radical (unpaired) electrons. The zero-order valence-electron chi connectivity index (χ0n) is 9.13. The third-order valence-corrected chi connectivity index (χ3v) is 3.18. The number of aliphatic hydroxyl groups is 1. The second-order valence-electron chi connectivity index (χ2n) is 3.53. The van der Waals surface area contributed by atoms with Crippen LogP contribution in [0.5, 0.6) is 0 Å². The average Bonchev–Trinajstić information content (AvgIpc) is 2.23. The van der Waals surface area contributed by atoms with E-state index in [4.69, 9.17) is 5.11 Å². The molecule has 0 bridgehead atoms. The first-order chi connectivity index (χ1) is 7.17. The number of nitrogens with zero attached hydrogens (tertiary/aromatic N) is 1. The van der Waals surface area contributed by atoms with E-state index >= 15 is 0 Å². The van der Waals surface area contributed by atoms with Crippen molar-refractivity contribution in [2.24, 2.45) is 0 Å². The van der Waals surface area contributed by atoms with Crippen LogP contribution >= 0.6 is 15.9 Å². The highest BCUT2D eigenvalue weighted by Gasteiger charge is 2.06. The van der Waals surface area contributed by atoms with E-state index in [-0.39, 0.29) is 6.61 Å². The van der Waals surface area contributed by atoms with Crippen LogP contribution in [0.15, 0.2) is 16.6 Å². The monoisotopic (exact) mass is 272 g/mol. The number of aryl methyl sites for hydroxylation is 1. The molecule has 0 aliphatic heterocycles. The lowest BCUT2D eigenvalue weighted by Gasteiger charge is -2.16. The summed E-state index contributed by atoms with van der Waals surface area (Å²) in [4.78, 5) is 4.40. The second-order valence-corrected chi connectivity index (χ2v) is 4.38. The number of hydrogen-bond donors (Lipinski definition) is 2. The summed E-state index contributed by atoms with van der Waals surface area (Å²) in [5.41, 5.74) is 0.971. The molecule has 1 heterocycles. The molecule has 0 spiro atoms. The highest BCUT2D eigenvalue weighted by Crippen LogP contribution is 2.17. The summed E-state index contributed by atoms with van der Waals surface area (Å²) in [7, 11) is 0. The second kappa shape index (κ2) is 6.08. The number of halogens is 1. The lowest BCUT2D eigenvalue weighted by molar-refractivity contribution is 0.278. The molecule has 1 aromatic heterocycles. The number of anilines is 1. The van der Waals surface area contributed by atoms with Crippen LogP contribution in [0.1, 0.15) is 25.5 Å². The van der Waals surface area contributed by atoms with Crippen LogP contribution in [-0.2, 0) is 0 Å². The Morgan fingerprint density at radius 1 is 1.53 bits per heavy atom. The first-order valence-corrected chi connectivity index (χ1v) is 5.97. The van der Waals surface area contributed by atoms with E-state index < -0.39 is 0 Å². The summed E-state index contributed by atoms with van der Waals surface area (Å²) in [6.45, 7) is 4.27. The summed E-state index contributed by atoms with van der Waals surface area (Å²) in [6.07, 6.45) is 1.74. The molecule has 1 rings (SSSR count). The smallest absolute Gasteiger partial charge is 0.126 e. The zero-order valence-corrected chi connectivity index (χ0v) is 10.7. The topological polar surface area (TPSA) is 45.1 Å². The fraction of sp³-hybridized carbons (Fsp3) is 0.545. The van der Waals surface area contributed by atoms with Crippen LogP contribution < -0.4 is 5.32 Å². The Labute approximate surface area is 99.1 Å². The lowest BCUT2D eigenvalue weighted by Crippen LogP contribution is -2.20. The molecule has 0 aliphatic rings. The number of aromatic nitrogens is 1. The first-order valence-electron chi connectivity index (χ1n) is 5.18. The molecule has 1 aromatic rings. The number of aliphatic hydroxyl groups excluding tert-OH is 1. The highest BCUT2D eigenvalue weighted by atomic mass is 79.9. The number of hydrogen-bond acceptors (Lipinski definition) is 3. The van der Waals surface area contributed by atoms with Gasteiger partial charge in [-0.2, -0.15) is 0 Å². The summed E-state index contributed by atoms with van der Waals surface area (Å²) in [6, 6.07) is 4.22. The van der Waals surface area contributed by atoms with Gasteiger partial charge in [0.2, 0.25) is 0 Å². The highest BCUT2D eigenvalue weighted by molar-refractivity contribution is 9.10. The van der Waals surface area contributed by atoms with Crippen molar-refractivity contribution in [3.05, 3.63) is 22.3 Å². The molecule has 4 heteroatoms. The Balaban J connectivity index is 2.66. The Kier molecular flexibility index (Phi) is 5.05. The maximum Gasteiger partial charge on any atom is 0.126 e. The van der Waals surface area contributed by atoms with Crippen molar-refractivity contribution in [3.8, 4) is 0 Å². The Morgan fingerprint density at radius 2 is 2.27 bits per heavy atom. The van der Waals surface area contributed by atoms with Crippen molar-refractivity contribution in [1.29, 1.82) is 0 Å². The molecule has 84 valence electrons. The van der Waals surface area contributed by atoms with E-state index in [9.17, 15) is 0 Å². The molecule has 15 heavy (non-hydrogen) atoms. The SMILES string of the molecule is CCC(CCO)Nc1ccc(Br)c(C)n1. The van der Waals surface area contributed by atoms with Gasteiger partial charge in [-0.15, -0.1) is 0 Å². The predicted octanol–water partition coefficient (Wildman–Crippen LogP) is 2.73. The molecule has 2 N–H and O–H groups in total. The van der Waals surface area contributed by atoms with Crippen molar-refractivity contribution in [2.45, 2.75) is 32.7 Å². The maximum atomic E-state index is 8.88. The van der Waals surface area contributed by atoms with Gasteiger partial charge in [-0.3, -0.25) is 0 Å². The minimum absolute atomic E-state index is 0.209. The van der Waals surface area contributed by atoms with Gasteiger partial charge in [-0.05, 0) is 47.8 Å². The molecule has 1 atom stereocenters. The van der Waals surface area contributed by atoms with E-state index in [1.807, 2.05) is 19.1 Å². The third-order valence-electron chi connectivity index (χ3n) is 2.34. The standard InChI is InChI=1S/C11H17BrN2O/c1-3-9(6-7-15)14-11-5-4-10(12)8(2)13-11/h4-5,9,15H,3,6-7H2,1-2H3,(H,13,14). The Morgan fingerprint density at radius 3 is 2.80 bits per heavy atom. The van der Waals surface area contributed by atoms with Crippen molar-refractivity contribution in [3.63, 3.8) is 0 Å². The molecule has 0 saturated heterocycles. The molecule has 1 unspecified atom stereocenters. The number of nitrogens with one attached hydrogen (secondary N) is 1. The minimum Gasteiger partial charge on any atom is -0.396 e. The fourth-order valence-corrected chi connectivity index (χ4v) is 1.59. The van der Waals surface area contributed by atoms with E-state index in [1.165, 1.54) is 0 Å². The quantitative estimate of drug-likeness (QED) is 0.867. The summed E-state index contributed by atoms with van der Waals surface area (Å²) in [5.74, 6) is 0.871. The molecule has 3 nitrogen and oxygen atoms in total. The molecule has 0 saturated carbocycles. The Hall–Kier alpha value is -0.610. The van der Waals surface area contributed by atoms with Gasteiger partial charge in [-0.1, -0.05) is 6.92 Å². The zero-order chi connectivity index (χ0) is 11.3.